The second-order valence-corrected chi connectivity index (χ2v) is 4.31. The van der Waals surface area contributed by atoms with Crippen LogP contribution in [-0.4, -0.2) is 5.91 Å². The Morgan fingerprint density at radius 1 is 1.28 bits per heavy atom. The normalized spacial score (nSPS) is 12.2. The smallest absolute Gasteiger partial charge is 0.256 e. The summed E-state index contributed by atoms with van der Waals surface area (Å²) in [4.78, 5) is 11.9. The van der Waals surface area contributed by atoms with Crippen LogP contribution in [0.5, 0.6) is 0 Å². The molecule has 2 nitrogen and oxygen atoms in total. The molecule has 0 atom stereocenters. The number of rotatable bonds is 4. The predicted octanol–water partition coefficient (Wildman–Crippen LogP) is 4.11. The first-order valence-electron chi connectivity index (χ1n) is 5.58. The van der Waals surface area contributed by atoms with Crippen LogP contribution in [-0.2, 0) is 0 Å². The third-order valence-corrected chi connectivity index (χ3v) is 2.68. The number of nitrogens with one attached hydrogen (secondary N) is 1. The maximum atomic E-state index is 11.9. The lowest BCUT2D eigenvalue weighted by atomic mass is 10.2. The summed E-state index contributed by atoms with van der Waals surface area (Å²) >= 11 is 5.95. The molecule has 18 heavy (non-hydrogen) atoms. The van der Waals surface area contributed by atoms with Gasteiger partial charge in [-0.3, -0.25) is 4.79 Å². The number of carbonyl (C=O) groups is 1. The molecule has 1 N–H and O–H groups in total. The standard InChI is InChI=1S/C15H16ClNO/c1-4-11(2)9-10-12(3)17-15(18)13-7-5-6-8-14(13)16/h4-10H,1H2,2-3H3,(H,17,18)/b11-9-,12-10+. The summed E-state index contributed by atoms with van der Waals surface area (Å²) in [6.45, 7) is 7.41. The summed E-state index contributed by atoms with van der Waals surface area (Å²) in [5, 5.41) is 3.22. The zero-order valence-corrected chi connectivity index (χ0v) is 11.3. The molecule has 0 fully saturated rings. The van der Waals surface area contributed by atoms with Gasteiger partial charge in [0.1, 0.15) is 0 Å². The Morgan fingerprint density at radius 3 is 2.56 bits per heavy atom. The Hall–Kier alpha value is -1.80. The van der Waals surface area contributed by atoms with Crippen LogP contribution < -0.4 is 5.32 Å². The van der Waals surface area contributed by atoms with Crippen molar-refractivity contribution < 1.29 is 4.79 Å². The Balaban J connectivity index is 2.77. The van der Waals surface area contributed by atoms with E-state index in [4.69, 9.17) is 11.6 Å². The van der Waals surface area contributed by atoms with Crippen LogP contribution in [0.15, 0.2) is 60.3 Å². The fourth-order valence-electron chi connectivity index (χ4n) is 1.26. The summed E-state index contributed by atoms with van der Waals surface area (Å²) in [5.41, 5.74) is 2.25. The van der Waals surface area contributed by atoms with E-state index in [1.54, 1.807) is 30.3 Å². The number of allylic oxidation sites excluding steroid dienone is 5. The van der Waals surface area contributed by atoms with E-state index in [9.17, 15) is 4.79 Å². The van der Waals surface area contributed by atoms with Gasteiger partial charge in [0.15, 0.2) is 0 Å². The number of halogens is 1. The van der Waals surface area contributed by atoms with Gasteiger partial charge in [0.2, 0.25) is 0 Å². The van der Waals surface area contributed by atoms with Crippen LogP contribution in [0.3, 0.4) is 0 Å². The highest BCUT2D eigenvalue weighted by molar-refractivity contribution is 6.33. The summed E-state index contributed by atoms with van der Waals surface area (Å²) in [5.74, 6) is -0.209. The van der Waals surface area contributed by atoms with Crippen LogP contribution in [0.2, 0.25) is 5.02 Å². The number of amides is 1. The average Bonchev–Trinajstić information content (AvgIpc) is 2.36. The molecule has 0 spiro atoms. The van der Waals surface area contributed by atoms with Gasteiger partial charge in [0.25, 0.3) is 5.91 Å². The summed E-state index contributed by atoms with van der Waals surface area (Å²) < 4.78 is 0. The molecule has 3 heteroatoms. The number of hydrogen-bond donors (Lipinski definition) is 1. The second kappa shape index (κ2) is 6.82. The first kappa shape index (κ1) is 14.3. The summed E-state index contributed by atoms with van der Waals surface area (Å²) in [6.07, 6.45) is 5.46. The highest BCUT2D eigenvalue weighted by atomic mass is 35.5. The van der Waals surface area contributed by atoms with Gasteiger partial charge in [-0.1, -0.05) is 48.0 Å². The molecule has 0 aliphatic heterocycles. The number of carbonyl (C=O) groups excluding carboxylic acids is 1. The van der Waals surface area contributed by atoms with Crippen molar-refractivity contribution in [3.05, 3.63) is 70.9 Å². The number of benzene rings is 1. The molecule has 94 valence electrons. The molecule has 0 unspecified atom stereocenters. The molecule has 0 radical (unpaired) electrons. The summed E-state index contributed by atoms with van der Waals surface area (Å²) in [7, 11) is 0. The number of hydrogen-bond acceptors (Lipinski definition) is 1. The van der Waals surface area contributed by atoms with Crippen molar-refractivity contribution in [2.24, 2.45) is 0 Å². The molecule has 0 saturated heterocycles. The van der Waals surface area contributed by atoms with Gasteiger partial charge >= 0.3 is 0 Å². The lowest BCUT2D eigenvalue weighted by Crippen LogP contribution is -2.21. The first-order chi connectivity index (χ1) is 8.54. The van der Waals surface area contributed by atoms with Gasteiger partial charge in [-0.15, -0.1) is 0 Å². The minimum Gasteiger partial charge on any atom is -0.326 e. The van der Waals surface area contributed by atoms with E-state index in [2.05, 4.69) is 11.9 Å². The van der Waals surface area contributed by atoms with E-state index >= 15 is 0 Å². The Kier molecular flexibility index (Phi) is 5.40. The SMILES string of the molecule is C=C/C(C)=C\C=C(/C)NC(=O)c1ccccc1Cl. The molecule has 0 aliphatic carbocycles. The van der Waals surface area contributed by atoms with Crippen molar-refractivity contribution in [3.63, 3.8) is 0 Å². The second-order valence-electron chi connectivity index (χ2n) is 3.90. The van der Waals surface area contributed by atoms with Crippen molar-refractivity contribution in [2.75, 3.05) is 0 Å². The zero-order chi connectivity index (χ0) is 13.5. The van der Waals surface area contributed by atoms with Gasteiger partial charge in [-0.2, -0.15) is 0 Å². The first-order valence-corrected chi connectivity index (χ1v) is 5.96. The van der Waals surface area contributed by atoms with Crippen molar-refractivity contribution in [2.45, 2.75) is 13.8 Å². The molecule has 0 bridgehead atoms. The molecule has 1 aromatic carbocycles. The minimum absolute atomic E-state index is 0.209. The van der Waals surface area contributed by atoms with E-state index in [1.807, 2.05) is 26.0 Å². The Morgan fingerprint density at radius 2 is 1.94 bits per heavy atom. The minimum atomic E-state index is -0.209. The average molecular weight is 262 g/mol. The molecule has 0 heterocycles. The van der Waals surface area contributed by atoms with Gasteiger partial charge < -0.3 is 5.32 Å². The topological polar surface area (TPSA) is 29.1 Å². The molecule has 0 aliphatic rings. The zero-order valence-electron chi connectivity index (χ0n) is 10.5. The van der Waals surface area contributed by atoms with Crippen molar-refractivity contribution in [1.29, 1.82) is 0 Å². The molecule has 0 aromatic heterocycles. The van der Waals surface area contributed by atoms with Crippen molar-refractivity contribution in [1.82, 2.24) is 5.32 Å². The predicted molar refractivity (Wildman–Crippen MR) is 76.6 cm³/mol. The van der Waals surface area contributed by atoms with E-state index in [0.29, 0.717) is 10.6 Å². The fourth-order valence-corrected chi connectivity index (χ4v) is 1.48. The van der Waals surface area contributed by atoms with Crippen LogP contribution in [0.1, 0.15) is 24.2 Å². The van der Waals surface area contributed by atoms with Gasteiger partial charge in [-0.05, 0) is 32.1 Å². The van der Waals surface area contributed by atoms with E-state index in [0.717, 1.165) is 11.3 Å². The monoisotopic (exact) mass is 261 g/mol. The summed E-state index contributed by atoms with van der Waals surface area (Å²) in [6, 6.07) is 6.95. The maximum Gasteiger partial charge on any atom is 0.256 e. The van der Waals surface area contributed by atoms with Gasteiger partial charge in [0.05, 0.1) is 10.6 Å². The highest BCUT2D eigenvalue weighted by Gasteiger charge is 2.08. The van der Waals surface area contributed by atoms with Gasteiger partial charge in [0, 0.05) is 5.70 Å². The van der Waals surface area contributed by atoms with Crippen molar-refractivity contribution >= 4 is 17.5 Å². The van der Waals surface area contributed by atoms with E-state index in [1.165, 1.54) is 0 Å². The molecule has 1 aromatic rings. The molecular formula is C15H16ClNO. The van der Waals surface area contributed by atoms with Gasteiger partial charge in [-0.25, -0.2) is 0 Å². The molecule has 0 saturated carbocycles. The largest absolute Gasteiger partial charge is 0.326 e. The van der Waals surface area contributed by atoms with Crippen molar-refractivity contribution in [3.8, 4) is 0 Å². The lowest BCUT2D eigenvalue weighted by molar-refractivity contribution is 0.0966. The van der Waals surface area contributed by atoms with Crippen LogP contribution in [0, 0.1) is 0 Å². The third kappa shape index (κ3) is 4.22. The molecule has 1 rings (SSSR count). The van der Waals surface area contributed by atoms with E-state index < -0.39 is 0 Å². The highest BCUT2D eigenvalue weighted by Crippen LogP contribution is 2.14. The molecular weight excluding hydrogens is 246 g/mol. The maximum absolute atomic E-state index is 11.9. The quantitative estimate of drug-likeness (QED) is 0.812. The Labute approximate surface area is 113 Å². The van der Waals surface area contributed by atoms with Crippen LogP contribution in [0.25, 0.3) is 0 Å². The van der Waals surface area contributed by atoms with E-state index in [-0.39, 0.29) is 5.91 Å². The van der Waals surface area contributed by atoms with Crippen LogP contribution in [0.4, 0.5) is 0 Å². The molecule has 1 amide bonds. The third-order valence-electron chi connectivity index (χ3n) is 2.35. The lowest BCUT2D eigenvalue weighted by Gasteiger charge is -2.06. The fraction of sp³-hybridized carbons (Fsp3) is 0.133. The Bertz CT molecular complexity index is 515. The van der Waals surface area contributed by atoms with Crippen LogP contribution >= 0.6 is 11.6 Å².